The molecule has 0 fully saturated rings. The molecule has 0 spiro atoms. The predicted molar refractivity (Wildman–Crippen MR) is 111 cm³/mol. The minimum atomic E-state index is -0.0971. The Morgan fingerprint density at radius 2 is 1.89 bits per heavy atom. The molecule has 1 amide bonds. The van der Waals surface area contributed by atoms with Crippen molar-refractivity contribution >= 4 is 28.4 Å². The molecule has 146 valence electrons. The summed E-state index contributed by atoms with van der Waals surface area (Å²) in [4.78, 5) is 19.3. The zero-order chi connectivity index (χ0) is 20.1. The van der Waals surface area contributed by atoms with Gasteiger partial charge >= 0.3 is 0 Å². The molecule has 2 aromatic carbocycles. The molecule has 3 aromatic rings. The number of fused-ring (bicyclic) bond motifs is 1. The van der Waals surface area contributed by atoms with Crippen molar-refractivity contribution in [3.63, 3.8) is 0 Å². The van der Waals surface area contributed by atoms with Gasteiger partial charge in [-0.15, -0.1) is 0 Å². The molecule has 28 heavy (non-hydrogen) atoms. The van der Waals surface area contributed by atoms with Crippen molar-refractivity contribution in [2.24, 2.45) is 0 Å². The Balaban J connectivity index is 1.90. The number of halogens is 1. The lowest BCUT2D eigenvalue weighted by Crippen LogP contribution is -2.33. The lowest BCUT2D eigenvalue weighted by atomic mass is 10.1. The van der Waals surface area contributed by atoms with Crippen molar-refractivity contribution in [2.45, 2.75) is 13.5 Å². The maximum absolute atomic E-state index is 13.0. The standard InChI is InChI=1S/C22H23ClN2O3/c1-15-5-4-6-17-13-18(21(23)24-20(15)17)14-25(11-12-27-2)22(26)16-7-9-19(28-3)10-8-16/h4-10,13H,11-12,14H2,1-3H3. The van der Waals surface area contributed by atoms with Crippen LogP contribution in [-0.2, 0) is 11.3 Å². The number of hydrogen-bond donors (Lipinski definition) is 0. The van der Waals surface area contributed by atoms with Crippen molar-refractivity contribution in [3.8, 4) is 5.75 Å². The number of pyridine rings is 1. The third-order valence-corrected chi connectivity index (χ3v) is 4.95. The van der Waals surface area contributed by atoms with Crippen LogP contribution in [0.15, 0.2) is 48.5 Å². The molecule has 0 aliphatic heterocycles. The second-order valence-electron chi connectivity index (χ2n) is 6.53. The van der Waals surface area contributed by atoms with Gasteiger partial charge in [0.05, 0.1) is 19.2 Å². The maximum Gasteiger partial charge on any atom is 0.254 e. The van der Waals surface area contributed by atoms with E-state index < -0.39 is 0 Å². The van der Waals surface area contributed by atoms with Gasteiger partial charge in [0.15, 0.2) is 0 Å². The fourth-order valence-electron chi connectivity index (χ4n) is 3.05. The molecule has 0 saturated heterocycles. The smallest absolute Gasteiger partial charge is 0.254 e. The highest BCUT2D eigenvalue weighted by molar-refractivity contribution is 6.30. The summed E-state index contributed by atoms with van der Waals surface area (Å²) in [6.07, 6.45) is 0. The first-order valence-electron chi connectivity index (χ1n) is 9.00. The van der Waals surface area contributed by atoms with E-state index in [2.05, 4.69) is 4.98 Å². The highest BCUT2D eigenvalue weighted by atomic mass is 35.5. The molecule has 0 aliphatic carbocycles. The molecule has 3 rings (SSSR count). The summed E-state index contributed by atoms with van der Waals surface area (Å²) in [6.45, 7) is 3.23. The van der Waals surface area contributed by atoms with Crippen molar-refractivity contribution in [3.05, 3.63) is 70.4 Å². The Kier molecular flexibility index (Phi) is 6.49. The number of carbonyl (C=O) groups excluding carboxylic acids is 1. The van der Waals surface area contributed by atoms with Crippen LogP contribution >= 0.6 is 11.6 Å². The molecule has 0 bridgehead atoms. The van der Waals surface area contributed by atoms with Crippen LogP contribution in [0.5, 0.6) is 5.75 Å². The highest BCUT2D eigenvalue weighted by Gasteiger charge is 2.18. The number of amides is 1. The Morgan fingerprint density at radius 1 is 1.14 bits per heavy atom. The second-order valence-corrected chi connectivity index (χ2v) is 6.89. The molecule has 5 nitrogen and oxygen atoms in total. The number of para-hydroxylation sites is 1. The topological polar surface area (TPSA) is 51.7 Å². The van der Waals surface area contributed by atoms with Crippen LogP contribution in [0.2, 0.25) is 5.15 Å². The third kappa shape index (κ3) is 4.43. The molecule has 0 saturated carbocycles. The lowest BCUT2D eigenvalue weighted by Gasteiger charge is -2.23. The molecule has 0 atom stereocenters. The van der Waals surface area contributed by atoms with Gasteiger partial charge in [0, 0.05) is 36.7 Å². The zero-order valence-corrected chi connectivity index (χ0v) is 17.0. The van der Waals surface area contributed by atoms with Gasteiger partial charge in [-0.3, -0.25) is 4.79 Å². The predicted octanol–water partition coefficient (Wildman–Crippen LogP) is 4.49. The summed E-state index contributed by atoms with van der Waals surface area (Å²) in [5.41, 5.74) is 3.33. The first kappa shape index (κ1) is 20.1. The Labute approximate surface area is 169 Å². The monoisotopic (exact) mass is 398 g/mol. The van der Waals surface area contributed by atoms with E-state index in [1.165, 1.54) is 0 Å². The number of ether oxygens (including phenoxy) is 2. The number of benzene rings is 2. The van der Waals surface area contributed by atoms with Crippen molar-refractivity contribution in [1.82, 2.24) is 9.88 Å². The Bertz CT molecular complexity index is 973. The largest absolute Gasteiger partial charge is 0.497 e. The SMILES string of the molecule is COCCN(Cc1cc2cccc(C)c2nc1Cl)C(=O)c1ccc(OC)cc1. The van der Waals surface area contributed by atoms with Gasteiger partial charge in [-0.1, -0.05) is 29.8 Å². The number of carbonyl (C=O) groups is 1. The van der Waals surface area contributed by atoms with Crippen LogP contribution < -0.4 is 4.74 Å². The second kappa shape index (κ2) is 9.04. The van der Waals surface area contributed by atoms with Crippen LogP contribution in [0.4, 0.5) is 0 Å². The molecule has 1 aromatic heterocycles. The third-order valence-electron chi connectivity index (χ3n) is 4.62. The first-order valence-corrected chi connectivity index (χ1v) is 9.38. The molecule has 6 heteroatoms. The van der Waals surface area contributed by atoms with E-state index >= 15 is 0 Å². The molecular weight excluding hydrogens is 376 g/mol. The van der Waals surface area contributed by atoms with Gasteiger partial charge in [0.2, 0.25) is 0 Å². The Hall–Kier alpha value is -2.63. The van der Waals surface area contributed by atoms with E-state index in [1.807, 2.05) is 31.2 Å². The number of rotatable bonds is 7. The van der Waals surface area contributed by atoms with Gasteiger partial charge in [-0.05, 0) is 42.8 Å². The van der Waals surface area contributed by atoms with Crippen LogP contribution in [-0.4, -0.2) is 43.2 Å². The fourth-order valence-corrected chi connectivity index (χ4v) is 3.25. The zero-order valence-electron chi connectivity index (χ0n) is 16.2. The van der Waals surface area contributed by atoms with E-state index in [1.54, 1.807) is 43.4 Å². The first-order chi connectivity index (χ1) is 13.5. The average molecular weight is 399 g/mol. The summed E-state index contributed by atoms with van der Waals surface area (Å²) in [5, 5.41) is 1.41. The fraction of sp³-hybridized carbons (Fsp3) is 0.273. The highest BCUT2D eigenvalue weighted by Crippen LogP contribution is 2.24. The minimum Gasteiger partial charge on any atom is -0.497 e. The molecule has 0 unspecified atom stereocenters. The number of aryl methyl sites for hydroxylation is 1. The summed E-state index contributed by atoms with van der Waals surface area (Å²) in [5.74, 6) is 0.609. The van der Waals surface area contributed by atoms with E-state index in [0.29, 0.717) is 36.2 Å². The van der Waals surface area contributed by atoms with Crippen LogP contribution in [0.1, 0.15) is 21.5 Å². The number of nitrogens with zero attached hydrogens (tertiary/aromatic N) is 2. The van der Waals surface area contributed by atoms with Gasteiger partial charge in [-0.2, -0.15) is 0 Å². The summed E-state index contributed by atoms with van der Waals surface area (Å²) in [6, 6.07) is 15.0. The number of hydrogen-bond acceptors (Lipinski definition) is 4. The lowest BCUT2D eigenvalue weighted by molar-refractivity contribution is 0.0680. The van der Waals surface area contributed by atoms with E-state index in [-0.39, 0.29) is 5.91 Å². The molecular formula is C22H23ClN2O3. The van der Waals surface area contributed by atoms with E-state index in [9.17, 15) is 4.79 Å². The van der Waals surface area contributed by atoms with Crippen molar-refractivity contribution in [2.75, 3.05) is 27.4 Å². The van der Waals surface area contributed by atoms with E-state index in [4.69, 9.17) is 21.1 Å². The number of aromatic nitrogens is 1. The Morgan fingerprint density at radius 3 is 2.57 bits per heavy atom. The van der Waals surface area contributed by atoms with E-state index in [0.717, 1.165) is 22.0 Å². The number of methoxy groups -OCH3 is 2. The molecule has 0 radical (unpaired) electrons. The van der Waals surface area contributed by atoms with Gasteiger partial charge in [-0.25, -0.2) is 4.98 Å². The van der Waals surface area contributed by atoms with Crippen LogP contribution in [0, 0.1) is 6.92 Å². The summed E-state index contributed by atoms with van der Waals surface area (Å²) < 4.78 is 10.4. The average Bonchev–Trinajstić information content (AvgIpc) is 2.71. The molecule has 0 N–H and O–H groups in total. The van der Waals surface area contributed by atoms with Gasteiger partial charge < -0.3 is 14.4 Å². The van der Waals surface area contributed by atoms with Crippen LogP contribution in [0.25, 0.3) is 10.9 Å². The minimum absolute atomic E-state index is 0.0971. The molecule has 0 aliphatic rings. The summed E-state index contributed by atoms with van der Waals surface area (Å²) in [7, 11) is 3.21. The summed E-state index contributed by atoms with van der Waals surface area (Å²) >= 11 is 6.45. The van der Waals surface area contributed by atoms with Gasteiger partial charge in [0.1, 0.15) is 10.9 Å². The van der Waals surface area contributed by atoms with Crippen molar-refractivity contribution in [1.29, 1.82) is 0 Å². The van der Waals surface area contributed by atoms with Crippen LogP contribution in [0.3, 0.4) is 0 Å². The maximum atomic E-state index is 13.0. The van der Waals surface area contributed by atoms with Gasteiger partial charge in [0.25, 0.3) is 5.91 Å². The molecule has 1 heterocycles. The normalized spacial score (nSPS) is 10.9. The van der Waals surface area contributed by atoms with Crippen molar-refractivity contribution < 1.29 is 14.3 Å². The quantitative estimate of drug-likeness (QED) is 0.550.